The standard InChI is InChI=1S/C10H7F7O/c1-3(2)4-5(11)7(13)9(8(14)6(4)12)18-10(15,16)17/h3H,1-2H3. The molecule has 0 saturated heterocycles. The fourth-order valence-electron chi connectivity index (χ4n) is 1.34. The molecular weight excluding hydrogens is 269 g/mol. The van der Waals surface area contributed by atoms with Crippen molar-refractivity contribution in [1.82, 2.24) is 0 Å². The second-order valence-corrected chi connectivity index (χ2v) is 3.70. The van der Waals surface area contributed by atoms with Crippen molar-refractivity contribution in [3.63, 3.8) is 0 Å². The molecule has 102 valence electrons. The Balaban J connectivity index is 3.49. The number of ether oxygens (including phenoxy) is 1. The number of hydrogen-bond donors (Lipinski definition) is 0. The predicted octanol–water partition coefficient (Wildman–Crippen LogP) is 4.27. The summed E-state index contributed by atoms with van der Waals surface area (Å²) in [5, 5.41) is 0. The van der Waals surface area contributed by atoms with Gasteiger partial charge in [-0.15, -0.1) is 13.2 Å². The van der Waals surface area contributed by atoms with E-state index in [9.17, 15) is 30.7 Å². The molecule has 0 N–H and O–H groups in total. The zero-order chi connectivity index (χ0) is 14.2. The molecule has 0 aliphatic carbocycles. The van der Waals surface area contributed by atoms with E-state index < -0.39 is 46.9 Å². The number of hydrogen-bond acceptors (Lipinski definition) is 1. The van der Waals surface area contributed by atoms with E-state index in [4.69, 9.17) is 0 Å². The van der Waals surface area contributed by atoms with Gasteiger partial charge in [0, 0.05) is 5.56 Å². The van der Waals surface area contributed by atoms with Crippen LogP contribution in [0.2, 0.25) is 0 Å². The van der Waals surface area contributed by atoms with Gasteiger partial charge in [0.25, 0.3) is 0 Å². The van der Waals surface area contributed by atoms with Crippen LogP contribution in [-0.4, -0.2) is 6.36 Å². The van der Waals surface area contributed by atoms with Crippen molar-refractivity contribution in [3.8, 4) is 5.75 Å². The number of rotatable bonds is 2. The molecule has 0 bridgehead atoms. The van der Waals surface area contributed by atoms with E-state index in [1.54, 1.807) is 0 Å². The van der Waals surface area contributed by atoms with Gasteiger partial charge in [-0.3, -0.25) is 0 Å². The topological polar surface area (TPSA) is 9.23 Å². The molecular formula is C10H7F7O. The maximum atomic E-state index is 13.3. The minimum absolute atomic E-state index is 0.950. The molecule has 18 heavy (non-hydrogen) atoms. The van der Waals surface area contributed by atoms with E-state index in [2.05, 4.69) is 4.74 Å². The van der Waals surface area contributed by atoms with Crippen LogP contribution in [0, 0.1) is 23.3 Å². The van der Waals surface area contributed by atoms with Crippen LogP contribution >= 0.6 is 0 Å². The second-order valence-electron chi connectivity index (χ2n) is 3.70. The van der Waals surface area contributed by atoms with E-state index in [0.717, 1.165) is 0 Å². The quantitative estimate of drug-likeness (QED) is 0.579. The van der Waals surface area contributed by atoms with E-state index in [1.165, 1.54) is 13.8 Å². The molecule has 0 atom stereocenters. The minimum Gasteiger partial charge on any atom is -0.399 e. The Bertz CT molecular complexity index is 435. The lowest BCUT2D eigenvalue weighted by molar-refractivity contribution is -0.276. The highest BCUT2D eigenvalue weighted by Crippen LogP contribution is 2.36. The van der Waals surface area contributed by atoms with Crippen LogP contribution in [0.15, 0.2) is 0 Å². The first-order valence-corrected chi connectivity index (χ1v) is 4.67. The van der Waals surface area contributed by atoms with Crippen molar-refractivity contribution in [2.24, 2.45) is 0 Å². The molecule has 0 aromatic heterocycles. The number of alkyl halides is 3. The van der Waals surface area contributed by atoms with Gasteiger partial charge in [-0.25, -0.2) is 8.78 Å². The molecule has 1 aromatic carbocycles. The van der Waals surface area contributed by atoms with E-state index in [-0.39, 0.29) is 0 Å². The molecule has 0 spiro atoms. The Morgan fingerprint density at radius 1 is 0.833 bits per heavy atom. The summed E-state index contributed by atoms with van der Waals surface area (Å²) in [5.41, 5.74) is -0.973. The van der Waals surface area contributed by atoms with Crippen LogP contribution in [0.4, 0.5) is 30.7 Å². The molecule has 1 rings (SSSR count). The summed E-state index contributed by atoms with van der Waals surface area (Å²) >= 11 is 0. The summed E-state index contributed by atoms with van der Waals surface area (Å²) < 4.78 is 91.4. The number of benzene rings is 1. The van der Waals surface area contributed by atoms with Crippen LogP contribution in [0.5, 0.6) is 5.75 Å². The zero-order valence-corrected chi connectivity index (χ0v) is 9.13. The van der Waals surface area contributed by atoms with Crippen LogP contribution < -0.4 is 4.74 Å². The normalized spacial score (nSPS) is 12.1. The van der Waals surface area contributed by atoms with Crippen LogP contribution in [0.1, 0.15) is 25.3 Å². The Morgan fingerprint density at radius 2 is 1.22 bits per heavy atom. The zero-order valence-electron chi connectivity index (χ0n) is 9.13. The van der Waals surface area contributed by atoms with Crippen molar-refractivity contribution in [1.29, 1.82) is 0 Å². The first-order valence-electron chi connectivity index (χ1n) is 4.67. The maximum absolute atomic E-state index is 13.3. The summed E-state index contributed by atoms with van der Waals surface area (Å²) in [5.74, 6) is -11.3. The maximum Gasteiger partial charge on any atom is 0.573 e. The fraction of sp³-hybridized carbons (Fsp3) is 0.400. The van der Waals surface area contributed by atoms with Gasteiger partial charge < -0.3 is 4.74 Å². The van der Waals surface area contributed by atoms with E-state index in [1.807, 2.05) is 0 Å². The smallest absolute Gasteiger partial charge is 0.399 e. The van der Waals surface area contributed by atoms with Crippen LogP contribution in [-0.2, 0) is 0 Å². The second kappa shape index (κ2) is 4.66. The molecule has 1 aromatic rings. The summed E-state index contributed by atoms with van der Waals surface area (Å²) in [4.78, 5) is 0. The highest BCUT2D eigenvalue weighted by Gasteiger charge is 2.37. The molecule has 8 heteroatoms. The molecule has 0 amide bonds. The third-order valence-corrected chi connectivity index (χ3v) is 2.05. The van der Waals surface area contributed by atoms with Gasteiger partial charge in [0.05, 0.1) is 0 Å². The molecule has 0 saturated carbocycles. The van der Waals surface area contributed by atoms with Gasteiger partial charge in [0.2, 0.25) is 17.4 Å². The molecule has 0 unspecified atom stereocenters. The highest BCUT2D eigenvalue weighted by atomic mass is 19.4. The largest absolute Gasteiger partial charge is 0.573 e. The summed E-state index contributed by atoms with van der Waals surface area (Å²) in [6.45, 7) is 2.45. The van der Waals surface area contributed by atoms with Crippen LogP contribution in [0.3, 0.4) is 0 Å². The minimum atomic E-state index is -5.46. The Hall–Kier alpha value is -1.47. The first kappa shape index (κ1) is 14.6. The van der Waals surface area contributed by atoms with Crippen molar-refractivity contribution < 1.29 is 35.5 Å². The third-order valence-electron chi connectivity index (χ3n) is 2.05. The van der Waals surface area contributed by atoms with Crippen molar-refractivity contribution in [2.75, 3.05) is 0 Å². The molecule has 0 fully saturated rings. The SMILES string of the molecule is CC(C)c1c(F)c(F)c(OC(F)(F)F)c(F)c1F. The van der Waals surface area contributed by atoms with Crippen molar-refractivity contribution in [2.45, 2.75) is 26.1 Å². The van der Waals surface area contributed by atoms with E-state index in [0.29, 0.717) is 0 Å². The van der Waals surface area contributed by atoms with Crippen molar-refractivity contribution in [3.05, 3.63) is 28.8 Å². The Kier molecular flexibility index (Phi) is 3.78. The van der Waals surface area contributed by atoms with Gasteiger partial charge >= 0.3 is 6.36 Å². The average Bonchev–Trinajstić information content (AvgIpc) is 2.20. The van der Waals surface area contributed by atoms with Crippen LogP contribution in [0.25, 0.3) is 0 Å². The molecule has 0 aliphatic rings. The lowest BCUT2D eigenvalue weighted by Gasteiger charge is -2.15. The summed E-state index contributed by atoms with van der Waals surface area (Å²) in [6.07, 6.45) is -5.46. The monoisotopic (exact) mass is 276 g/mol. The van der Waals surface area contributed by atoms with Gasteiger partial charge in [0.15, 0.2) is 11.6 Å². The van der Waals surface area contributed by atoms with Gasteiger partial charge in [-0.2, -0.15) is 8.78 Å². The molecule has 0 heterocycles. The van der Waals surface area contributed by atoms with Gasteiger partial charge in [-0.1, -0.05) is 13.8 Å². The predicted molar refractivity (Wildman–Crippen MR) is 47.0 cm³/mol. The molecule has 0 radical (unpaired) electrons. The lowest BCUT2D eigenvalue weighted by Crippen LogP contribution is -2.20. The summed E-state index contributed by atoms with van der Waals surface area (Å²) in [7, 11) is 0. The van der Waals surface area contributed by atoms with Gasteiger partial charge in [-0.05, 0) is 5.92 Å². The average molecular weight is 276 g/mol. The lowest BCUT2D eigenvalue weighted by atomic mass is 10.0. The van der Waals surface area contributed by atoms with Crippen molar-refractivity contribution >= 4 is 0 Å². The van der Waals surface area contributed by atoms with E-state index >= 15 is 0 Å². The first-order chi connectivity index (χ1) is 8.06. The molecule has 1 nitrogen and oxygen atoms in total. The molecule has 0 aliphatic heterocycles. The number of halogens is 7. The third kappa shape index (κ3) is 2.68. The summed E-state index contributed by atoms with van der Waals surface area (Å²) in [6, 6.07) is 0. The van der Waals surface area contributed by atoms with Gasteiger partial charge in [0.1, 0.15) is 0 Å². The Labute approximate surface area is 97.2 Å². The fourth-order valence-corrected chi connectivity index (χ4v) is 1.34. The highest BCUT2D eigenvalue weighted by molar-refractivity contribution is 5.36. The Morgan fingerprint density at radius 3 is 1.50 bits per heavy atom.